The fourth-order valence-electron chi connectivity index (χ4n) is 1.18. The van der Waals surface area contributed by atoms with Crippen LogP contribution in [0.4, 0.5) is 26.3 Å². The van der Waals surface area contributed by atoms with Gasteiger partial charge in [0.25, 0.3) is 0 Å². The largest absolute Gasteiger partial charge is 0.525 e. The third-order valence-electron chi connectivity index (χ3n) is 2.09. The van der Waals surface area contributed by atoms with E-state index >= 15 is 0 Å². The Kier molecular flexibility index (Phi) is 5.26. The molecule has 0 saturated heterocycles. The number of halogens is 7. The smallest absolute Gasteiger partial charge is 0.427 e. The van der Waals surface area contributed by atoms with Crippen LogP contribution >= 0.6 is 15.9 Å². The summed E-state index contributed by atoms with van der Waals surface area (Å²) in [5.41, 5.74) is 0.140. The molecule has 0 unspecified atom stereocenters. The molecule has 10 heteroatoms. The average molecular weight is 381 g/mol. The Labute approximate surface area is 123 Å². The Morgan fingerprint density at radius 2 is 1.81 bits per heavy atom. The first-order valence-electron chi connectivity index (χ1n) is 5.18. The molecule has 118 valence electrons. The lowest BCUT2D eigenvalue weighted by atomic mass is 10.1. The molecule has 0 heterocycles. The minimum Gasteiger partial charge on any atom is -0.427 e. The summed E-state index contributed by atoms with van der Waals surface area (Å²) in [5, 5.41) is 0. The molecular formula is C11H7BrF6O3. The standard InChI is InChI=1S/C11H7BrF6O3/c1-5(19)6-2-3-8(7(12)4-6)20-10(14,15)9(13)21-11(16,17)18/h2-4,9H,1H3/t9-/m1/s1. The zero-order valence-corrected chi connectivity index (χ0v) is 11.8. The van der Waals surface area contributed by atoms with Crippen molar-refractivity contribution in [3.8, 4) is 5.75 Å². The summed E-state index contributed by atoms with van der Waals surface area (Å²) < 4.78 is 80.5. The number of hydrogen-bond acceptors (Lipinski definition) is 3. The number of carbonyl (C=O) groups is 1. The second-order valence-electron chi connectivity index (χ2n) is 3.74. The maximum absolute atomic E-state index is 13.2. The third-order valence-corrected chi connectivity index (χ3v) is 2.71. The van der Waals surface area contributed by atoms with Gasteiger partial charge in [-0.25, -0.2) is 9.13 Å². The molecule has 0 spiro atoms. The molecule has 0 aliphatic heterocycles. The van der Waals surface area contributed by atoms with E-state index in [1.165, 1.54) is 6.92 Å². The van der Waals surface area contributed by atoms with Crippen LogP contribution in [0.5, 0.6) is 5.75 Å². The zero-order valence-electron chi connectivity index (χ0n) is 10.2. The van der Waals surface area contributed by atoms with E-state index in [-0.39, 0.29) is 15.8 Å². The van der Waals surface area contributed by atoms with E-state index in [4.69, 9.17) is 0 Å². The summed E-state index contributed by atoms with van der Waals surface area (Å²) in [6, 6.07) is 3.08. The summed E-state index contributed by atoms with van der Waals surface area (Å²) in [7, 11) is 0. The molecule has 1 rings (SSSR count). The fourth-order valence-corrected chi connectivity index (χ4v) is 1.64. The van der Waals surface area contributed by atoms with E-state index in [1.54, 1.807) is 0 Å². The van der Waals surface area contributed by atoms with Crippen molar-refractivity contribution in [1.82, 2.24) is 0 Å². The van der Waals surface area contributed by atoms with E-state index in [9.17, 15) is 31.1 Å². The Morgan fingerprint density at radius 1 is 1.24 bits per heavy atom. The van der Waals surface area contributed by atoms with E-state index in [0.29, 0.717) is 0 Å². The molecule has 0 N–H and O–H groups in total. The van der Waals surface area contributed by atoms with Crippen LogP contribution in [0.1, 0.15) is 17.3 Å². The van der Waals surface area contributed by atoms with E-state index in [2.05, 4.69) is 25.4 Å². The normalized spacial score (nSPS) is 13.9. The van der Waals surface area contributed by atoms with Gasteiger partial charge >= 0.3 is 18.8 Å². The number of hydrogen-bond donors (Lipinski definition) is 0. The van der Waals surface area contributed by atoms with E-state index in [1.807, 2.05) is 0 Å². The van der Waals surface area contributed by atoms with Crippen molar-refractivity contribution < 1.29 is 40.6 Å². The zero-order chi connectivity index (χ0) is 16.4. The first kappa shape index (κ1) is 17.8. The van der Waals surface area contributed by atoms with Crippen molar-refractivity contribution in [2.45, 2.75) is 25.8 Å². The molecule has 0 fully saturated rings. The summed E-state index contributed by atoms with van der Waals surface area (Å²) in [4.78, 5) is 11.0. The molecule has 1 aromatic rings. The number of Topliss-reactive ketones (excluding diaryl/α,β-unsaturated/α-hetero) is 1. The molecule has 0 aliphatic rings. The van der Waals surface area contributed by atoms with Crippen molar-refractivity contribution >= 4 is 21.7 Å². The highest BCUT2D eigenvalue weighted by atomic mass is 79.9. The van der Waals surface area contributed by atoms with Crippen LogP contribution in [0.2, 0.25) is 0 Å². The van der Waals surface area contributed by atoms with Gasteiger partial charge in [0.2, 0.25) is 0 Å². The van der Waals surface area contributed by atoms with Crippen molar-refractivity contribution in [3.63, 3.8) is 0 Å². The monoisotopic (exact) mass is 380 g/mol. The maximum Gasteiger partial charge on any atom is 0.525 e. The predicted molar refractivity (Wildman–Crippen MR) is 61.8 cm³/mol. The Morgan fingerprint density at radius 3 is 2.24 bits per heavy atom. The van der Waals surface area contributed by atoms with Gasteiger partial charge < -0.3 is 4.74 Å². The van der Waals surface area contributed by atoms with Crippen LogP contribution in [0.3, 0.4) is 0 Å². The number of carbonyl (C=O) groups excluding carboxylic acids is 1. The number of alkyl halides is 6. The maximum atomic E-state index is 13.2. The van der Waals surface area contributed by atoms with Crippen LogP contribution in [-0.4, -0.2) is 24.6 Å². The quantitative estimate of drug-likeness (QED) is 0.559. The lowest BCUT2D eigenvalue weighted by molar-refractivity contribution is -0.411. The fraction of sp³-hybridized carbons (Fsp3) is 0.364. The lowest BCUT2D eigenvalue weighted by Gasteiger charge is -2.22. The first-order valence-corrected chi connectivity index (χ1v) is 5.97. The second kappa shape index (κ2) is 6.22. The van der Waals surface area contributed by atoms with Gasteiger partial charge in [0, 0.05) is 5.56 Å². The van der Waals surface area contributed by atoms with Crippen LogP contribution in [0, 0.1) is 0 Å². The van der Waals surface area contributed by atoms with Gasteiger partial charge in [0.1, 0.15) is 5.75 Å². The summed E-state index contributed by atoms with van der Waals surface area (Å²) in [6.07, 6.45) is -14.5. The van der Waals surface area contributed by atoms with Gasteiger partial charge in [0.15, 0.2) is 5.78 Å². The topological polar surface area (TPSA) is 35.5 Å². The molecule has 0 radical (unpaired) electrons. The van der Waals surface area contributed by atoms with Crippen molar-refractivity contribution in [2.24, 2.45) is 0 Å². The van der Waals surface area contributed by atoms with Crippen molar-refractivity contribution in [2.75, 3.05) is 0 Å². The molecule has 0 saturated carbocycles. The molecule has 0 aromatic heterocycles. The molecule has 1 atom stereocenters. The summed E-state index contributed by atoms with van der Waals surface area (Å²) in [5.74, 6) is -1.03. The second-order valence-corrected chi connectivity index (χ2v) is 4.60. The molecular weight excluding hydrogens is 374 g/mol. The number of ketones is 1. The van der Waals surface area contributed by atoms with Crippen LogP contribution in [0.25, 0.3) is 0 Å². The van der Waals surface area contributed by atoms with Crippen molar-refractivity contribution in [1.29, 1.82) is 0 Å². The highest BCUT2D eigenvalue weighted by molar-refractivity contribution is 9.10. The molecule has 1 aromatic carbocycles. The van der Waals surface area contributed by atoms with Gasteiger partial charge in [-0.05, 0) is 41.1 Å². The van der Waals surface area contributed by atoms with Crippen molar-refractivity contribution in [3.05, 3.63) is 28.2 Å². The summed E-state index contributed by atoms with van der Waals surface area (Å²) in [6.45, 7) is 1.21. The SMILES string of the molecule is CC(=O)c1ccc(OC(F)(F)[C@H](F)OC(F)(F)F)c(Br)c1. The summed E-state index contributed by atoms with van der Waals surface area (Å²) >= 11 is 2.78. The van der Waals surface area contributed by atoms with Crippen LogP contribution in [-0.2, 0) is 4.74 Å². The first-order chi connectivity index (χ1) is 9.42. The minimum absolute atomic E-state index is 0.140. The Balaban J connectivity index is 2.91. The minimum atomic E-state index is -5.58. The third kappa shape index (κ3) is 5.20. The predicted octanol–water partition coefficient (Wildman–Crippen LogP) is 4.46. The Bertz CT molecular complexity index is 531. The molecule has 0 bridgehead atoms. The lowest BCUT2D eigenvalue weighted by Crippen LogP contribution is -2.41. The van der Waals surface area contributed by atoms with Gasteiger partial charge in [-0.1, -0.05) is 0 Å². The number of rotatable bonds is 5. The average Bonchev–Trinajstić information content (AvgIpc) is 2.29. The van der Waals surface area contributed by atoms with Crippen LogP contribution in [0.15, 0.2) is 22.7 Å². The molecule has 21 heavy (non-hydrogen) atoms. The van der Waals surface area contributed by atoms with E-state index < -0.39 is 24.6 Å². The highest BCUT2D eigenvalue weighted by Gasteiger charge is 2.50. The van der Waals surface area contributed by atoms with Gasteiger partial charge in [-0.15, -0.1) is 13.2 Å². The van der Waals surface area contributed by atoms with E-state index in [0.717, 1.165) is 18.2 Å². The van der Waals surface area contributed by atoms with Gasteiger partial charge in [-0.2, -0.15) is 8.78 Å². The Hall–Kier alpha value is -1.29. The molecule has 0 aliphatic carbocycles. The molecule has 3 nitrogen and oxygen atoms in total. The highest BCUT2D eigenvalue weighted by Crippen LogP contribution is 2.35. The van der Waals surface area contributed by atoms with Gasteiger partial charge in [0.05, 0.1) is 4.47 Å². The number of benzene rings is 1. The van der Waals surface area contributed by atoms with Gasteiger partial charge in [-0.3, -0.25) is 4.79 Å². The molecule has 0 amide bonds. The van der Waals surface area contributed by atoms with Crippen LogP contribution < -0.4 is 4.74 Å². The number of ether oxygens (including phenoxy) is 2.